The highest BCUT2D eigenvalue weighted by Crippen LogP contribution is 2.36. The number of carbonyl (C=O) groups excluding carboxylic acids is 1. The van der Waals surface area contributed by atoms with Gasteiger partial charge in [-0.2, -0.15) is 0 Å². The van der Waals surface area contributed by atoms with Crippen molar-refractivity contribution in [2.45, 2.75) is 85.4 Å². The zero-order valence-corrected chi connectivity index (χ0v) is 18.8. The summed E-state index contributed by atoms with van der Waals surface area (Å²) in [7, 11) is 0. The van der Waals surface area contributed by atoms with E-state index in [0.29, 0.717) is 12.3 Å². The van der Waals surface area contributed by atoms with Crippen molar-refractivity contribution < 1.29 is 22.5 Å². The van der Waals surface area contributed by atoms with E-state index < -0.39 is 23.1 Å². The van der Waals surface area contributed by atoms with Crippen LogP contribution in [0, 0.1) is 18.8 Å². The molecule has 1 aromatic rings. The maximum absolute atomic E-state index is 12.5. The monoisotopic (exact) mass is 411 g/mol. The smallest absolute Gasteiger partial charge is 0.306 e. The Kier molecular flexibility index (Phi) is 10.4. The first-order chi connectivity index (χ1) is 13.0. The lowest BCUT2D eigenvalue weighted by Crippen LogP contribution is -2.28. The molecule has 1 aromatic carbocycles. The fourth-order valence-electron chi connectivity index (χ4n) is 3.35. The molecular weight excluding hydrogens is 376 g/mol. The molecule has 5 nitrogen and oxygen atoms in total. The topological polar surface area (TPSA) is 75.7 Å². The third kappa shape index (κ3) is 9.80. The van der Waals surface area contributed by atoms with Gasteiger partial charge in [0, 0.05) is 5.92 Å². The third-order valence-corrected chi connectivity index (χ3v) is 4.99. The van der Waals surface area contributed by atoms with E-state index in [1.54, 1.807) is 0 Å². The van der Waals surface area contributed by atoms with Crippen LogP contribution in [0.25, 0.3) is 0 Å². The minimum Gasteiger partial charge on any atom is -0.750 e. The van der Waals surface area contributed by atoms with Crippen molar-refractivity contribution in [3.63, 3.8) is 0 Å². The Morgan fingerprint density at radius 1 is 1.21 bits per heavy atom. The van der Waals surface area contributed by atoms with Gasteiger partial charge in [0.2, 0.25) is 0 Å². The van der Waals surface area contributed by atoms with E-state index in [9.17, 15) is 13.6 Å². The number of ether oxygens (including phenoxy) is 1. The molecule has 0 bridgehead atoms. The lowest BCUT2D eigenvalue weighted by Gasteiger charge is -2.30. The molecule has 0 fully saturated rings. The Labute approximate surface area is 172 Å². The van der Waals surface area contributed by atoms with E-state index in [1.807, 2.05) is 52.0 Å². The third-order valence-electron chi connectivity index (χ3n) is 4.62. The van der Waals surface area contributed by atoms with Crippen LogP contribution >= 0.6 is 0 Å². The van der Waals surface area contributed by atoms with E-state index in [-0.39, 0.29) is 18.3 Å². The van der Waals surface area contributed by atoms with Crippen molar-refractivity contribution in [1.29, 1.82) is 0 Å². The summed E-state index contributed by atoms with van der Waals surface area (Å²) in [5.41, 5.74) is 1.24. The number of hydrogen-bond acceptors (Lipinski definition) is 5. The number of esters is 1. The van der Waals surface area contributed by atoms with E-state index in [2.05, 4.69) is 13.8 Å². The molecular formula is C22H35O5S-. The first-order valence-corrected chi connectivity index (χ1v) is 11.1. The molecule has 0 spiro atoms. The Balaban J connectivity index is 3.11. The summed E-state index contributed by atoms with van der Waals surface area (Å²) in [6.07, 6.45) is 3.32. The number of unbranched alkanes of at least 4 members (excludes halogenated alkanes) is 1. The van der Waals surface area contributed by atoms with Crippen molar-refractivity contribution >= 4 is 17.3 Å². The number of rotatable bonds is 11. The Bertz CT molecular complexity index is 621. The van der Waals surface area contributed by atoms with Gasteiger partial charge in [0.25, 0.3) is 0 Å². The van der Waals surface area contributed by atoms with Crippen LogP contribution < -0.4 is 0 Å². The fraction of sp³-hybridized carbons (Fsp3) is 0.682. The molecule has 0 radical (unpaired) electrons. The van der Waals surface area contributed by atoms with Crippen LogP contribution in [0.2, 0.25) is 0 Å². The minimum absolute atomic E-state index is 0.115. The van der Waals surface area contributed by atoms with Gasteiger partial charge in [0.1, 0.15) is 11.7 Å². The van der Waals surface area contributed by atoms with E-state index in [1.165, 1.54) is 0 Å². The second-order valence-electron chi connectivity index (χ2n) is 8.67. The van der Waals surface area contributed by atoms with Crippen molar-refractivity contribution in [3.8, 4) is 0 Å². The van der Waals surface area contributed by atoms with E-state index >= 15 is 0 Å². The molecule has 0 heterocycles. The zero-order valence-electron chi connectivity index (χ0n) is 18.0. The van der Waals surface area contributed by atoms with Crippen molar-refractivity contribution in [2.75, 3.05) is 0 Å². The minimum atomic E-state index is -2.68. The summed E-state index contributed by atoms with van der Waals surface area (Å²) >= 11 is -2.68. The molecule has 0 amide bonds. The quantitative estimate of drug-likeness (QED) is 0.359. The van der Waals surface area contributed by atoms with Gasteiger partial charge >= 0.3 is 5.97 Å². The van der Waals surface area contributed by atoms with Gasteiger partial charge in [-0.15, -0.1) is 0 Å². The standard InChI is InChI=1S/C22H36O5S/c1-7-8-9-17(3)14-19(15-20(23)26-22(4,5)6)21(27-28(24)25)18-12-10-16(2)11-13-18/h10-13,17,19,21H,7-9,14-15H2,1-6H3,(H,24,25)/p-1. The van der Waals surface area contributed by atoms with Gasteiger partial charge in [-0.3, -0.25) is 8.98 Å². The predicted octanol–water partition coefficient (Wildman–Crippen LogP) is 5.41. The average Bonchev–Trinajstić information content (AvgIpc) is 2.56. The highest BCUT2D eigenvalue weighted by atomic mass is 32.2. The number of benzene rings is 1. The molecule has 0 aromatic heterocycles. The van der Waals surface area contributed by atoms with Gasteiger partial charge in [-0.05, 0) is 45.6 Å². The van der Waals surface area contributed by atoms with Crippen LogP contribution in [0.4, 0.5) is 0 Å². The van der Waals surface area contributed by atoms with Crippen molar-refractivity contribution in [2.24, 2.45) is 11.8 Å². The highest BCUT2D eigenvalue weighted by molar-refractivity contribution is 7.74. The molecule has 0 aliphatic rings. The largest absolute Gasteiger partial charge is 0.750 e. The van der Waals surface area contributed by atoms with Crippen LogP contribution in [-0.2, 0) is 25.1 Å². The lowest BCUT2D eigenvalue weighted by atomic mass is 9.83. The summed E-state index contributed by atoms with van der Waals surface area (Å²) in [5.74, 6) is -0.274. The van der Waals surface area contributed by atoms with Crippen LogP contribution in [0.1, 0.15) is 84.0 Å². The van der Waals surface area contributed by atoms with Crippen LogP contribution in [0.3, 0.4) is 0 Å². The maximum atomic E-state index is 12.5. The summed E-state index contributed by atoms with van der Waals surface area (Å²) in [6, 6.07) is 7.58. The van der Waals surface area contributed by atoms with Gasteiger partial charge in [-0.25, -0.2) is 4.21 Å². The highest BCUT2D eigenvalue weighted by Gasteiger charge is 2.30. The summed E-state index contributed by atoms with van der Waals surface area (Å²) in [4.78, 5) is 12.5. The van der Waals surface area contributed by atoms with Crippen LogP contribution in [0.5, 0.6) is 0 Å². The van der Waals surface area contributed by atoms with E-state index in [0.717, 1.165) is 30.4 Å². The first-order valence-electron chi connectivity index (χ1n) is 10.1. The molecule has 0 saturated carbocycles. The molecule has 1 rings (SSSR count). The predicted molar refractivity (Wildman–Crippen MR) is 111 cm³/mol. The van der Waals surface area contributed by atoms with E-state index in [4.69, 9.17) is 8.92 Å². The molecule has 0 N–H and O–H groups in total. The molecule has 4 atom stereocenters. The van der Waals surface area contributed by atoms with Gasteiger partial charge < -0.3 is 9.29 Å². The average molecular weight is 412 g/mol. The Hall–Kier alpha value is -1.24. The normalized spacial score (nSPS) is 16.2. The molecule has 28 heavy (non-hydrogen) atoms. The van der Waals surface area contributed by atoms with Gasteiger partial charge in [0.05, 0.1) is 17.8 Å². The van der Waals surface area contributed by atoms with Gasteiger partial charge in [-0.1, -0.05) is 62.9 Å². The maximum Gasteiger partial charge on any atom is 0.306 e. The molecule has 0 saturated heterocycles. The second kappa shape index (κ2) is 11.7. The first kappa shape index (κ1) is 24.8. The molecule has 160 valence electrons. The summed E-state index contributed by atoms with van der Waals surface area (Å²) < 4.78 is 33.6. The second-order valence-corrected chi connectivity index (χ2v) is 9.27. The Morgan fingerprint density at radius 3 is 2.32 bits per heavy atom. The summed E-state index contributed by atoms with van der Waals surface area (Å²) in [5, 5.41) is 0. The lowest BCUT2D eigenvalue weighted by molar-refractivity contribution is -0.157. The van der Waals surface area contributed by atoms with Crippen LogP contribution in [-0.4, -0.2) is 20.3 Å². The Morgan fingerprint density at radius 2 is 1.82 bits per heavy atom. The molecule has 0 aliphatic heterocycles. The molecule has 0 aliphatic carbocycles. The zero-order chi connectivity index (χ0) is 21.3. The molecule has 4 unspecified atom stereocenters. The fourth-order valence-corrected chi connectivity index (χ4v) is 3.78. The van der Waals surface area contributed by atoms with Crippen LogP contribution in [0.15, 0.2) is 24.3 Å². The summed E-state index contributed by atoms with van der Waals surface area (Å²) in [6.45, 7) is 11.7. The number of aryl methyl sites for hydroxylation is 1. The number of carbonyl (C=O) groups is 1. The molecule has 6 heteroatoms. The number of hydrogen-bond donors (Lipinski definition) is 0. The van der Waals surface area contributed by atoms with Crippen molar-refractivity contribution in [3.05, 3.63) is 35.4 Å². The SMILES string of the molecule is CCCCC(C)CC(CC(=O)OC(C)(C)C)C(OS(=O)[O-])c1ccc(C)cc1. The van der Waals surface area contributed by atoms with Gasteiger partial charge in [0.15, 0.2) is 0 Å². The van der Waals surface area contributed by atoms with Crippen molar-refractivity contribution in [1.82, 2.24) is 0 Å².